The van der Waals surface area contributed by atoms with E-state index in [9.17, 15) is 9.59 Å². The quantitative estimate of drug-likeness (QED) is 0.536. The van der Waals surface area contributed by atoms with Gasteiger partial charge in [-0.3, -0.25) is 9.59 Å². The molecular weight excluding hydrogens is 438 g/mol. The minimum absolute atomic E-state index is 0.0830. The minimum Gasteiger partial charge on any atom is -0.336 e. The Labute approximate surface area is 197 Å². The van der Waals surface area contributed by atoms with Gasteiger partial charge in [-0.05, 0) is 61.7 Å². The van der Waals surface area contributed by atoms with Gasteiger partial charge < -0.3 is 15.5 Å². The molecule has 1 saturated carbocycles. The molecule has 2 N–H and O–H groups in total. The lowest BCUT2D eigenvalue weighted by Crippen LogP contribution is -2.33. The number of amides is 2. The second kappa shape index (κ2) is 8.83. The van der Waals surface area contributed by atoms with Gasteiger partial charge in [-0.1, -0.05) is 18.5 Å². The molecular formula is C25H24ClN5O2. The van der Waals surface area contributed by atoms with Gasteiger partial charge in [0.1, 0.15) is 0 Å². The number of anilines is 3. The molecule has 2 heterocycles. The summed E-state index contributed by atoms with van der Waals surface area (Å²) in [5.41, 5.74) is 4.31. The van der Waals surface area contributed by atoms with Crippen molar-refractivity contribution in [3.63, 3.8) is 0 Å². The molecule has 8 heteroatoms. The molecule has 2 aromatic carbocycles. The number of nitrogens with one attached hydrogen (secondary N) is 2. The van der Waals surface area contributed by atoms with Crippen LogP contribution in [0.25, 0.3) is 11.3 Å². The number of rotatable bonds is 6. The molecule has 0 saturated heterocycles. The van der Waals surface area contributed by atoms with Crippen LogP contribution in [0.15, 0.2) is 48.7 Å². The molecule has 168 valence electrons. The van der Waals surface area contributed by atoms with Crippen LogP contribution in [0.4, 0.5) is 17.3 Å². The predicted molar refractivity (Wildman–Crippen MR) is 129 cm³/mol. The van der Waals surface area contributed by atoms with Crippen LogP contribution in [0.5, 0.6) is 0 Å². The fourth-order valence-corrected chi connectivity index (χ4v) is 4.26. The third-order valence-corrected chi connectivity index (χ3v) is 6.06. The van der Waals surface area contributed by atoms with Crippen LogP contribution in [-0.2, 0) is 11.2 Å². The first kappa shape index (κ1) is 21.4. The summed E-state index contributed by atoms with van der Waals surface area (Å²) in [5, 5.41) is 6.62. The maximum Gasteiger partial charge on any atom is 0.254 e. The van der Waals surface area contributed by atoms with Crippen molar-refractivity contribution in [1.82, 2.24) is 14.9 Å². The molecule has 0 spiro atoms. The van der Waals surface area contributed by atoms with Crippen LogP contribution >= 0.6 is 11.6 Å². The SMILES string of the molecule is CCCN(C(=O)c1ccc(Nc2ncc3c(n2)-c2ccc(Cl)cc2NC(=O)C3)cc1)C1CC1. The van der Waals surface area contributed by atoms with Crippen LogP contribution < -0.4 is 10.6 Å². The number of hydrogen-bond donors (Lipinski definition) is 2. The zero-order valence-corrected chi connectivity index (χ0v) is 19.0. The van der Waals surface area contributed by atoms with E-state index >= 15 is 0 Å². The van der Waals surface area contributed by atoms with E-state index in [1.54, 1.807) is 18.3 Å². The molecule has 1 fully saturated rings. The number of carbonyl (C=O) groups excluding carboxylic acids is 2. The lowest BCUT2D eigenvalue weighted by atomic mass is 10.1. The summed E-state index contributed by atoms with van der Waals surface area (Å²) in [6.45, 7) is 2.88. The molecule has 33 heavy (non-hydrogen) atoms. The topological polar surface area (TPSA) is 87.2 Å². The fourth-order valence-electron chi connectivity index (χ4n) is 4.09. The number of nitrogens with zero attached hydrogens (tertiary/aromatic N) is 3. The third kappa shape index (κ3) is 4.54. The van der Waals surface area contributed by atoms with Crippen LogP contribution in [0.3, 0.4) is 0 Å². The van der Waals surface area contributed by atoms with Gasteiger partial charge in [0.25, 0.3) is 5.91 Å². The van der Waals surface area contributed by atoms with E-state index in [1.807, 2.05) is 35.2 Å². The minimum atomic E-state index is -0.134. The van der Waals surface area contributed by atoms with Crippen molar-refractivity contribution in [3.05, 3.63) is 64.8 Å². The first-order chi connectivity index (χ1) is 16.0. The number of fused-ring (bicyclic) bond motifs is 3. The molecule has 0 radical (unpaired) electrons. The second-order valence-corrected chi connectivity index (χ2v) is 8.85. The van der Waals surface area contributed by atoms with Crippen molar-refractivity contribution in [2.45, 2.75) is 38.6 Å². The molecule has 2 amide bonds. The highest BCUT2D eigenvalue weighted by Gasteiger charge is 2.32. The Hall–Kier alpha value is -3.45. The van der Waals surface area contributed by atoms with E-state index < -0.39 is 0 Å². The molecule has 1 aliphatic carbocycles. The Morgan fingerprint density at radius 3 is 2.73 bits per heavy atom. The van der Waals surface area contributed by atoms with Crippen LogP contribution in [0.1, 0.15) is 42.1 Å². The van der Waals surface area contributed by atoms with E-state index in [4.69, 9.17) is 11.6 Å². The van der Waals surface area contributed by atoms with Crippen molar-refractivity contribution < 1.29 is 9.59 Å². The number of hydrogen-bond acceptors (Lipinski definition) is 5. The molecule has 3 aromatic rings. The van der Waals surface area contributed by atoms with Crippen LogP contribution in [0, 0.1) is 0 Å². The van der Waals surface area contributed by atoms with Crippen molar-refractivity contribution >= 4 is 40.7 Å². The summed E-state index contributed by atoms with van der Waals surface area (Å²) in [7, 11) is 0. The highest BCUT2D eigenvalue weighted by Crippen LogP contribution is 2.35. The van der Waals surface area contributed by atoms with E-state index in [1.165, 1.54) is 0 Å². The van der Waals surface area contributed by atoms with Gasteiger partial charge in [0.05, 0.1) is 17.8 Å². The van der Waals surface area contributed by atoms with Gasteiger partial charge in [-0.2, -0.15) is 0 Å². The molecule has 0 atom stereocenters. The first-order valence-electron chi connectivity index (χ1n) is 11.2. The maximum absolute atomic E-state index is 12.9. The summed E-state index contributed by atoms with van der Waals surface area (Å²) in [5.74, 6) is 0.360. The average molecular weight is 462 g/mol. The summed E-state index contributed by atoms with van der Waals surface area (Å²) in [6, 6.07) is 13.1. The molecule has 1 aromatic heterocycles. The summed E-state index contributed by atoms with van der Waals surface area (Å²) >= 11 is 6.11. The molecule has 1 aliphatic heterocycles. The number of carbonyl (C=O) groups is 2. The Morgan fingerprint density at radius 1 is 1.21 bits per heavy atom. The summed E-state index contributed by atoms with van der Waals surface area (Å²) < 4.78 is 0. The van der Waals surface area contributed by atoms with E-state index in [-0.39, 0.29) is 18.2 Å². The van der Waals surface area contributed by atoms with Gasteiger partial charge in [0.2, 0.25) is 11.9 Å². The van der Waals surface area contributed by atoms with Crippen molar-refractivity contribution in [2.24, 2.45) is 0 Å². The molecule has 0 unspecified atom stereocenters. The summed E-state index contributed by atoms with van der Waals surface area (Å²) in [6.07, 6.45) is 5.00. The van der Waals surface area contributed by atoms with Gasteiger partial charge >= 0.3 is 0 Å². The molecule has 7 nitrogen and oxygen atoms in total. The number of aromatic nitrogens is 2. The van der Waals surface area contributed by atoms with Crippen molar-refractivity contribution in [2.75, 3.05) is 17.2 Å². The molecule has 5 rings (SSSR count). The Morgan fingerprint density at radius 2 is 2.00 bits per heavy atom. The van der Waals surface area contributed by atoms with Crippen LogP contribution in [-0.4, -0.2) is 39.3 Å². The van der Waals surface area contributed by atoms with Crippen molar-refractivity contribution in [1.29, 1.82) is 0 Å². The van der Waals surface area contributed by atoms with Gasteiger partial charge in [0, 0.05) is 46.2 Å². The Bertz CT molecular complexity index is 1220. The highest BCUT2D eigenvalue weighted by molar-refractivity contribution is 6.31. The van der Waals surface area contributed by atoms with E-state index in [2.05, 4.69) is 27.5 Å². The standard InChI is InChI=1S/C25H24ClN5O2/c1-2-11-31(19-8-9-19)24(33)15-3-6-18(7-4-15)28-25-27-14-16-12-22(32)29-21-13-17(26)5-10-20(21)23(16)30-25/h3-7,10,13-14,19H,2,8-9,11-12H2,1H3,(H,29,32)(H,27,28,30). The van der Waals surface area contributed by atoms with Crippen molar-refractivity contribution in [3.8, 4) is 11.3 Å². The molecule has 2 aliphatic rings. The smallest absolute Gasteiger partial charge is 0.254 e. The highest BCUT2D eigenvalue weighted by atomic mass is 35.5. The lowest BCUT2D eigenvalue weighted by Gasteiger charge is -2.21. The zero-order chi connectivity index (χ0) is 22.9. The normalized spacial score (nSPS) is 14.5. The lowest BCUT2D eigenvalue weighted by molar-refractivity contribution is -0.115. The fraction of sp³-hybridized carbons (Fsp3) is 0.280. The summed E-state index contributed by atoms with van der Waals surface area (Å²) in [4.78, 5) is 36.2. The van der Waals surface area contributed by atoms with Gasteiger partial charge in [-0.25, -0.2) is 9.97 Å². The second-order valence-electron chi connectivity index (χ2n) is 8.41. The Kier molecular flexibility index (Phi) is 5.72. The number of halogens is 1. The monoisotopic (exact) mass is 461 g/mol. The predicted octanol–water partition coefficient (Wildman–Crippen LogP) is 5.05. The van der Waals surface area contributed by atoms with Gasteiger partial charge in [-0.15, -0.1) is 0 Å². The third-order valence-electron chi connectivity index (χ3n) is 5.83. The van der Waals surface area contributed by atoms with Gasteiger partial charge in [0.15, 0.2) is 0 Å². The first-order valence-corrected chi connectivity index (χ1v) is 11.5. The zero-order valence-electron chi connectivity index (χ0n) is 18.3. The maximum atomic E-state index is 12.9. The average Bonchev–Trinajstić information content (AvgIpc) is 3.64. The van der Waals surface area contributed by atoms with E-state index in [0.717, 1.165) is 42.6 Å². The Balaban J connectivity index is 1.38. The van der Waals surface area contributed by atoms with Crippen LogP contribution in [0.2, 0.25) is 5.02 Å². The molecule has 0 bridgehead atoms. The number of benzene rings is 2. The largest absolute Gasteiger partial charge is 0.336 e. The van der Waals surface area contributed by atoms with E-state index in [0.29, 0.717) is 34.0 Å².